The number of carbonyl (C=O) groups is 1. The van der Waals surface area contributed by atoms with Crippen molar-refractivity contribution in [2.24, 2.45) is 11.8 Å². The van der Waals surface area contributed by atoms with E-state index in [1.54, 1.807) is 6.07 Å². The zero-order chi connectivity index (χ0) is 22.9. The Morgan fingerprint density at radius 1 is 0.938 bits per heavy atom. The first-order valence-electron chi connectivity index (χ1n) is 12.7. The molecule has 32 heavy (non-hydrogen) atoms. The van der Waals surface area contributed by atoms with Gasteiger partial charge in [0.2, 0.25) is 5.75 Å². The van der Waals surface area contributed by atoms with Gasteiger partial charge in [-0.25, -0.2) is 8.78 Å². The molecule has 2 aromatic carbocycles. The van der Waals surface area contributed by atoms with Crippen LogP contribution in [0.3, 0.4) is 0 Å². The Morgan fingerprint density at radius 2 is 1.66 bits per heavy atom. The summed E-state index contributed by atoms with van der Waals surface area (Å²) in [4.78, 5) is 12.6. The molecule has 1 saturated carbocycles. The molecule has 0 aromatic heterocycles. The molecule has 0 N–H and O–H groups in total. The Bertz CT molecular complexity index is 885. The van der Waals surface area contributed by atoms with Gasteiger partial charge in [0.15, 0.2) is 11.6 Å². The van der Waals surface area contributed by atoms with E-state index < -0.39 is 23.4 Å². The monoisotopic (exact) mass is 444 g/mol. The summed E-state index contributed by atoms with van der Waals surface area (Å²) >= 11 is 0. The van der Waals surface area contributed by atoms with Gasteiger partial charge in [-0.2, -0.15) is 0 Å². The molecule has 2 nitrogen and oxygen atoms in total. The number of benzene rings is 2. The van der Waals surface area contributed by atoms with E-state index in [0.29, 0.717) is 16.7 Å². The smallest absolute Gasteiger partial charge is 0.314 e. The zero-order valence-corrected chi connectivity index (χ0v) is 19.7. The summed E-state index contributed by atoms with van der Waals surface area (Å²) in [5, 5.41) is 0.812. The first-order chi connectivity index (χ1) is 15.5. The summed E-state index contributed by atoms with van der Waals surface area (Å²) in [6.45, 7) is 4.37. The van der Waals surface area contributed by atoms with E-state index in [4.69, 9.17) is 4.74 Å². The summed E-state index contributed by atoms with van der Waals surface area (Å²) in [5.74, 6) is -2.24. The molecule has 0 aliphatic heterocycles. The number of esters is 1. The highest BCUT2D eigenvalue weighted by Crippen LogP contribution is 2.35. The van der Waals surface area contributed by atoms with Crippen LogP contribution in [0.4, 0.5) is 8.78 Å². The van der Waals surface area contributed by atoms with E-state index in [1.165, 1.54) is 44.6 Å². The van der Waals surface area contributed by atoms with Crippen LogP contribution in [-0.4, -0.2) is 5.97 Å². The minimum atomic E-state index is -0.806. The third-order valence-electron chi connectivity index (χ3n) is 6.97. The second-order valence-electron chi connectivity index (χ2n) is 9.50. The van der Waals surface area contributed by atoms with Gasteiger partial charge in [0, 0.05) is 5.39 Å². The van der Waals surface area contributed by atoms with Crippen LogP contribution in [0.1, 0.15) is 96.5 Å². The summed E-state index contributed by atoms with van der Waals surface area (Å²) in [5.41, 5.74) is 1.08. The summed E-state index contributed by atoms with van der Waals surface area (Å²) < 4.78 is 35.1. The van der Waals surface area contributed by atoms with Crippen molar-refractivity contribution in [3.63, 3.8) is 0 Å². The first kappa shape index (κ1) is 24.7. The topological polar surface area (TPSA) is 26.3 Å². The standard InChI is InChI=1S/C28H38F2O2/c1-3-5-7-9-11-21-14-17-24-23(18-21)19-25(29)27(26(24)30)32-28(31)22-15-12-20(13-16-22)10-8-6-4-2/h14,17-20,22H,3-13,15-16H2,1-2H3. The molecule has 0 heterocycles. The maximum Gasteiger partial charge on any atom is 0.314 e. The highest BCUT2D eigenvalue weighted by Gasteiger charge is 2.29. The first-order valence-corrected chi connectivity index (χ1v) is 12.7. The number of halogens is 2. The lowest BCUT2D eigenvalue weighted by Gasteiger charge is -2.27. The predicted molar refractivity (Wildman–Crippen MR) is 127 cm³/mol. The SMILES string of the molecule is CCCCCCc1ccc2c(F)c(OC(=O)C3CCC(CCCCC)CC3)c(F)cc2c1. The number of fused-ring (bicyclic) bond motifs is 1. The minimum absolute atomic E-state index is 0.266. The van der Waals surface area contributed by atoms with E-state index in [2.05, 4.69) is 13.8 Å². The summed E-state index contributed by atoms with van der Waals surface area (Å²) in [7, 11) is 0. The average Bonchev–Trinajstić information content (AvgIpc) is 2.80. The fraction of sp³-hybridized carbons (Fsp3) is 0.607. The maximum absolute atomic E-state index is 15.1. The lowest BCUT2D eigenvalue weighted by molar-refractivity contribution is -0.140. The number of unbranched alkanes of at least 4 members (excludes halogenated alkanes) is 5. The largest absolute Gasteiger partial charge is 0.420 e. The van der Waals surface area contributed by atoms with Crippen molar-refractivity contribution in [3.8, 4) is 5.75 Å². The molecule has 176 valence electrons. The number of aryl methyl sites for hydroxylation is 1. The van der Waals surface area contributed by atoms with Gasteiger partial charge in [-0.15, -0.1) is 0 Å². The van der Waals surface area contributed by atoms with Crippen molar-refractivity contribution in [2.75, 3.05) is 0 Å². The van der Waals surface area contributed by atoms with Crippen LogP contribution in [0, 0.1) is 23.5 Å². The second-order valence-corrected chi connectivity index (χ2v) is 9.50. The minimum Gasteiger partial charge on any atom is -0.420 e. The molecule has 3 rings (SSSR count). The Morgan fingerprint density at radius 3 is 2.38 bits per heavy atom. The Labute approximate surface area is 191 Å². The number of rotatable bonds is 11. The highest BCUT2D eigenvalue weighted by atomic mass is 19.1. The fourth-order valence-corrected chi connectivity index (χ4v) is 4.92. The molecule has 0 radical (unpaired) electrons. The summed E-state index contributed by atoms with van der Waals surface area (Å²) in [6.07, 6.45) is 13.9. The fourth-order valence-electron chi connectivity index (χ4n) is 4.92. The van der Waals surface area contributed by atoms with Crippen LogP contribution in [0.2, 0.25) is 0 Å². The molecule has 0 spiro atoms. The summed E-state index contributed by atoms with van der Waals surface area (Å²) in [6, 6.07) is 6.71. The zero-order valence-electron chi connectivity index (χ0n) is 19.7. The van der Waals surface area contributed by atoms with E-state index in [0.717, 1.165) is 50.5 Å². The van der Waals surface area contributed by atoms with Gasteiger partial charge in [-0.3, -0.25) is 4.79 Å². The second kappa shape index (κ2) is 12.3. The molecular formula is C28H38F2O2. The van der Waals surface area contributed by atoms with E-state index >= 15 is 4.39 Å². The van der Waals surface area contributed by atoms with Crippen LogP contribution < -0.4 is 4.74 Å². The maximum atomic E-state index is 15.1. The number of hydrogen-bond acceptors (Lipinski definition) is 2. The Kier molecular flexibility index (Phi) is 9.50. The lowest BCUT2D eigenvalue weighted by Crippen LogP contribution is -2.26. The van der Waals surface area contributed by atoms with Crippen molar-refractivity contribution in [2.45, 2.75) is 97.3 Å². The van der Waals surface area contributed by atoms with Gasteiger partial charge in [0.25, 0.3) is 0 Å². The third-order valence-corrected chi connectivity index (χ3v) is 6.97. The van der Waals surface area contributed by atoms with Crippen LogP contribution in [-0.2, 0) is 11.2 Å². The normalized spacial score (nSPS) is 18.8. The molecule has 0 bridgehead atoms. The molecule has 2 aromatic rings. The number of carbonyl (C=O) groups excluding carboxylic acids is 1. The molecule has 4 heteroatoms. The van der Waals surface area contributed by atoms with Gasteiger partial charge in [-0.05, 0) is 61.5 Å². The van der Waals surface area contributed by atoms with Gasteiger partial charge >= 0.3 is 5.97 Å². The Hall–Kier alpha value is -1.97. The van der Waals surface area contributed by atoms with E-state index in [-0.39, 0.29) is 5.92 Å². The van der Waals surface area contributed by atoms with Crippen LogP contribution in [0.15, 0.2) is 24.3 Å². The molecule has 0 saturated heterocycles. The third kappa shape index (κ3) is 6.52. The van der Waals surface area contributed by atoms with Crippen molar-refractivity contribution in [3.05, 3.63) is 41.5 Å². The van der Waals surface area contributed by atoms with Crippen molar-refractivity contribution in [1.29, 1.82) is 0 Å². The molecular weight excluding hydrogens is 406 g/mol. The van der Waals surface area contributed by atoms with Gasteiger partial charge in [-0.1, -0.05) is 77.0 Å². The van der Waals surface area contributed by atoms with Gasteiger partial charge < -0.3 is 4.74 Å². The number of hydrogen-bond donors (Lipinski definition) is 0. The average molecular weight is 445 g/mol. The van der Waals surface area contributed by atoms with Crippen molar-refractivity contribution >= 4 is 16.7 Å². The molecule has 0 unspecified atom stereocenters. The molecule has 1 aliphatic rings. The number of ether oxygens (including phenoxy) is 1. The lowest BCUT2D eigenvalue weighted by atomic mass is 9.80. The van der Waals surface area contributed by atoms with Gasteiger partial charge in [0.05, 0.1) is 5.92 Å². The molecule has 0 atom stereocenters. The quantitative estimate of drug-likeness (QED) is 0.197. The van der Waals surface area contributed by atoms with E-state index in [9.17, 15) is 9.18 Å². The highest BCUT2D eigenvalue weighted by molar-refractivity contribution is 5.86. The molecule has 1 fully saturated rings. The van der Waals surface area contributed by atoms with Crippen LogP contribution in [0.5, 0.6) is 5.75 Å². The predicted octanol–water partition coefficient (Wildman–Crippen LogP) is 8.53. The van der Waals surface area contributed by atoms with Gasteiger partial charge in [0.1, 0.15) is 0 Å². The molecule has 0 amide bonds. The van der Waals surface area contributed by atoms with Crippen molar-refractivity contribution in [1.82, 2.24) is 0 Å². The molecule has 1 aliphatic carbocycles. The van der Waals surface area contributed by atoms with Crippen LogP contribution in [0.25, 0.3) is 10.8 Å². The van der Waals surface area contributed by atoms with Crippen LogP contribution >= 0.6 is 0 Å². The Balaban J connectivity index is 1.62. The van der Waals surface area contributed by atoms with Crippen molar-refractivity contribution < 1.29 is 18.3 Å². The van der Waals surface area contributed by atoms with E-state index in [1.807, 2.05) is 12.1 Å².